The summed E-state index contributed by atoms with van der Waals surface area (Å²) in [6.45, 7) is 14.1. The Kier molecular flexibility index (Phi) is 21.7. The Morgan fingerprint density at radius 3 is 1.35 bits per heavy atom. The van der Waals surface area contributed by atoms with Gasteiger partial charge in [0.1, 0.15) is 8.07 Å². The fourth-order valence-electron chi connectivity index (χ4n) is 3.80. The molecule has 0 aromatic carbocycles. The van der Waals surface area contributed by atoms with Gasteiger partial charge in [0.25, 0.3) is 0 Å². The van der Waals surface area contributed by atoms with Gasteiger partial charge in [-0.1, -0.05) is 90.0 Å². The molecule has 0 aliphatic heterocycles. The summed E-state index contributed by atoms with van der Waals surface area (Å²) in [5.41, 5.74) is 5.50. The van der Waals surface area contributed by atoms with Crippen LogP contribution in [0.15, 0.2) is 0 Å². The fourth-order valence-corrected chi connectivity index (χ4v) is 8.38. The van der Waals surface area contributed by atoms with Crippen LogP contribution in [0.25, 0.3) is 0 Å². The molecule has 0 radical (unpaired) electrons. The average Bonchev–Trinajstić information content (AvgIpc) is 3.13. The zero-order valence-corrected chi connectivity index (χ0v) is 22.7. The van der Waals surface area contributed by atoms with Gasteiger partial charge in [0.05, 0.1) is 0 Å². The van der Waals surface area contributed by atoms with E-state index >= 15 is 0 Å². The van der Waals surface area contributed by atoms with Crippen molar-refractivity contribution in [2.24, 2.45) is 0 Å². The monoisotopic (exact) mass is 474 g/mol. The molecule has 0 nitrogen and oxygen atoms in total. The van der Waals surface area contributed by atoms with Crippen molar-refractivity contribution in [3.63, 3.8) is 0 Å². The average molecular weight is 474 g/mol. The van der Waals surface area contributed by atoms with Gasteiger partial charge >= 0.3 is 0 Å². The zero-order chi connectivity index (χ0) is 16.6. The number of hydrogen-bond donors (Lipinski definition) is 0. The first-order chi connectivity index (χ1) is 10.3. The summed E-state index contributed by atoms with van der Waals surface area (Å²) >= 11 is 0. The summed E-state index contributed by atoms with van der Waals surface area (Å²) in [5, 5.41) is 0. The van der Waals surface area contributed by atoms with Gasteiger partial charge in [-0.05, 0) is 29.8 Å². The maximum Gasteiger partial charge on any atom is 0.136 e. The third-order valence-electron chi connectivity index (χ3n) is 5.53. The van der Waals surface area contributed by atoms with Crippen LogP contribution < -0.4 is 0 Å². The van der Waals surface area contributed by atoms with E-state index in [1.165, 1.54) is 51.4 Å². The molecule has 0 bridgehead atoms. The molecule has 0 spiro atoms. The van der Waals surface area contributed by atoms with Crippen LogP contribution in [-0.2, 0) is 34.1 Å². The summed E-state index contributed by atoms with van der Waals surface area (Å²) in [6.07, 6.45) is 11.8. The van der Waals surface area contributed by atoms with Crippen molar-refractivity contribution in [1.29, 1.82) is 0 Å². The predicted molar refractivity (Wildman–Crippen MR) is 119 cm³/mol. The van der Waals surface area contributed by atoms with Crippen LogP contribution in [-0.4, -0.2) is 16.1 Å². The van der Waals surface area contributed by atoms with Gasteiger partial charge in [0.15, 0.2) is 0 Å². The van der Waals surface area contributed by atoms with Crippen LogP contribution in [0.5, 0.6) is 0 Å². The molecule has 2 fully saturated rings. The molecule has 0 aromatic rings. The van der Waals surface area contributed by atoms with Crippen LogP contribution in [0.3, 0.4) is 0 Å². The smallest absolute Gasteiger partial charge is 0.136 e. The topological polar surface area (TPSA) is 0 Å². The van der Waals surface area contributed by atoms with Crippen molar-refractivity contribution in [1.82, 2.24) is 0 Å². The van der Waals surface area contributed by atoms with E-state index in [1.54, 1.807) is 0 Å². The maximum absolute atomic E-state index is 3.42. The molecule has 0 unspecified atom stereocenters. The molecule has 4 heteroatoms. The Labute approximate surface area is 189 Å². The molecule has 0 aromatic heterocycles. The minimum absolute atomic E-state index is 0. The first-order valence-electron chi connectivity index (χ1n) is 9.21. The summed E-state index contributed by atoms with van der Waals surface area (Å²) in [7, 11) is -2.00. The van der Waals surface area contributed by atoms with Crippen molar-refractivity contribution >= 4 is 16.1 Å². The van der Waals surface area contributed by atoms with Crippen LogP contribution >= 0.6 is 0 Å². The second-order valence-corrected chi connectivity index (χ2v) is 18.7. The number of rotatable bonds is 2. The fraction of sp³-hybridized carbons (Fsp3) is 0.727. The van der Waals surface area contributed by atoms with E-state index in [4.69, 9.17) is 0 Å². The van der Waals surface area contributed by atoms with Crippen molar-refractivity contribution in [2.75, 3.05) is 0 Å². The Morgan fingerprint density at radius 1 is 0.654 bits per heavy atom. The molecule has 0 saturated heterocycles. The largest absolute Gasteiger partial charge is 0.358 e. The van der Waals surface area contributed by atoms with Crippen LogP contribution in [0, 0.1) is 38.2 Å². The molecule has 2 rings (SSSR count). The Balaban J connectivity index is -0.000000168. The van der Waals surface area contributed by atoms with Gasteiger partial charge in [-0.25, -0.2) is 0 Å². The van der Waals surface area contributed by atoms with Gasteiger partial charge in [-0.3, -0.25) is 0 Å². The van der Waals surface area contributed by atoms with E-state index in [0.29, 0.717) is 0 Å². The summed E-state index contributed by atoms with van der Waals surface area (Å²) in [5.74, 6) is 8.68. The van der Waals surface area contributed by atoms with Gasteiger partial charge < -0.3 is 14.9 Å². The second-order valence-electron chi connectivity index (χ2n) is 8.68. The second kappa shape index (κ2) is 16.5. The van der Waals surface area contributed by atoms with Crippen molar-refractivity contribution in [2.45, 2.75) is 102 Å². The Bertz CT molecular complexity index is 446. The van der Waals surface area contributed by atoms with E-state index in [-0.39, 0.29) is 49.0 Å². The summed E-state index contributed by atoms with van der Waals surface area (Å²) in [4.78, 5) is 0. The normalized spacial score (nSPS) is 16.5. The third kappa shape index (κ3) is 12.9. The summed E-state index contributed by atoms with van der Waals surface area (Å²) in [6, 6.07) is 0. The molecular formula is C22H42Fe2Si2-2. The molecule has 2 saturated carbocycles. The first-order valence-corrected chi connectivity index (χ1v) is 15.9. The standard InChI is InChI=1S/C12H18Si.C8H18Si.2CH3.2Fe/c1-4-5-8-11-13(2,3)12-9-6-7-10-12;1-9(2,3)8-6-4-5-7-8;;;;/h12H,6-7,9-10H2,1-3H3;8H,4-7H2,1-3H3;2*1H3;;/q;;2*-1;;. The molecule has 2 aliphatic carbocycles. The predicted octanol–water partition coefficient (Wildman–Crippen LogP) is 7.37. The van der Waals surface area contributed by atoms with E-state index in [0.717, 1.165) is 11.1 Å². The van der Waals surface area contributed by atoms with Crippen molar-refractivity contribution in [3.05, 3.63) is 14.9 Å². The van der Waals surface area contributed by atoms with Crippen LogP contribution in [0.2, 0.25) is 43.8 Å². The van der Waals surface area contributed by atoms with Crippen molar-refractivity contribution < 1.29 is 34.1 Å². The third-order valence-corrected chi connectivity index (χ3v) is 11.9. The number of hydrogen-bond acceptors (Lipinski definition) is 0. The quantitative estimate of drug-likeness (QED) is 0.223. The van der Waals surface area contributed by atoms with E-state index in [2.05, 4.69) is 56.0 Å². The molecule has 0 amide bonds. The summed E-state index contributed by atoms with van der Waals surface area (Å²) < 4.78 is 0. The molecule has 156 valence electrons. The maximum atomic E-state index is 3.42. The van der Waals surface area contributed by atoms with E-state index < -0.39 is 16.1 Å². The van der Waals surface area contributed by atoms with Gasteiger partial charge in [-0.15, -0.1) is 5.54 Å². The minimum Gasteiger partial charge on any atom is -0.358 e. The molecular weight excluding hydrogens is 432 g/mol. The van der Waals surface area contributed by atoms with E-state index in [9.17, 15) is 0 Å². The van der Waals surface area contributed by atoms with Gasteiger partial charge in [0.2, 0.25) is 0 Å². The molecule has 26 heavy (non-hydrogen) atoms. The molecule has 0 N–H and O–H groups in total. The van der Waals surface area contributed by atoms with Crippen LogP contribution in [0.1, 0.15) is 58.3 Å². The minimum atomic E-state index is -1.27. The van der Waals surface area contributed by atoms with E-state index in [1.807, 2.05) is 6.92 Å². The van der Waals surface area contributed by atoms with Crippen molar-refractivity contribution in [3.8, 4) is 23.3 Å². The van der Waals surface area contributed by atoms with Crippen LogP contribution in [0.4, 0.5) is 0 Å². The van der Waals surface area contributed by atoms with Gasteiger partial charge in [-0.2, -0.15) is 0 Å². The van der Waals surface area contributed by atoms with Gasteiger partial charge in [0, 0.05) is 42.2 Å². The first kappa shape index (κ1) is 34.1. The Morgan fingerprint density at radius 2 is 1.04 bits per heavy atom. The molecule has 0 heterocycles. The Hall–Kier alpha value is 0.593. The zero-order valence-electron chi connectivity index (χ0n) is 18.5. The molecule has 0 atom stereocenters. The molecule has 2 aliphatic rings. The SMILES string of the molecule is CC#CC#C[Si](C)(C)C1CCCC1.C[Si](C)(C)C1CCCC1.[CH3-].[CH3-].[Fe].[Fe].